The van der Waals surface area contributed by atoms with E-state index in [0.29, 0.717) is 0 Å². The zero-order valence-electron chi connectivity index (χ0n) is 12.7. The second-order valence-electron chi connectivity index (χ2n) is 5.28. The van der Waals surface area contributed by atoms with Gasteiger partial charge >= 0.3 is 6.18 Å². The van der Waals surface area contributed by atoms with Gasteiger partial charge in [-0.3, -0.25) is 0 Å². The van der Waals surface area contributed by atoms with E-state index in [1.165, 1.54) is 12.1 Å². The smallest absolute Gasteiger partial charge is 0.334 e. The van der Waals surface area contributed by atoms with Crippen molar-refractivity contribution in [2.45, 2.75) is 13.1 Å². The van der Waals surface area contributed by atoms with Crippen molar-refractivity contribution in [3.63, 3.8) is 0 Å². The molecule has 0 atom stereocenters. The number of halogens is 3. The summed E-state index contributed by atoms with van der Waals surface area (Å²) < 4.78 is 43.3. The molecule has 24 heavy (non-hydrogen) atoms. The first-order chi connectivity index (χ1) is 11.4. The van der Waals surface area contributed by atoms with E-state index in [1.54, 1.807) is 12.2 Å². The first-order valence-electron chi connectivity index (χ1n) is 7.18. The highest BCUT2D eigenvalue weighted by Gasteiger charge is 2.30. The minimum atomic E-state index is -4.41. The van der Waals surface area contributed by atoms with Gasteiger partial charge in [0.2, 0.25) is 5.82 Å². The van der Waals surface area contributed by atoms with Crippen LogP contribution in [-0.4, -0.2) is 10.1 Å². The van der Waals surface area contributed by atoms with E-state index < -0.39 is 11.7 Å². The van der Waals surface area contributed by atoms with Crippen LogP contribution >= 0.6 is 0 Å². The second-order valence-corrected chi connectivity index (χ2v) is 5.28. The molecule has 3 rings (SSSR count). The minimum Gasteiger partial charge on any atom is -0.334 e. The fraction of sp³-hybridized carbons (Fsp3) is 0.111. The number of aromatic nitrogens is 2. The second kappa shape index (κ2) is 6.31. The maximum absolute atomic E-state index is 12.8. The van der Waals surface area contributed by atoms with Crippen LogP contribution in [0.5, 0.6) is 0 Å². The lowest BCUT2D eigenvalue weighted by molar-refractivity contribution is -0.137. The maximum atomic E-state index is 12.8. The summed E-state index contributed by atoms with van der Waals surface area (Å²) in [5, 5.41) is 3.73. The molecule has 6 heteroatoms. The van der Waals surface area contributed by atoms with E-state index in [-0.39, 0.29) is 17.3 Å². The predicted octanol–water partition coefficient (Wildman–Crippen LogP) is 5.23. The van der Waals surface area contributed by atoms with Crippen molar-refractivity contribution >= 4 is 12.2 Å². The SMILES string of the molecule is Cc1ccc(/C=C/c2nc(-c3cccc(C(F)(F)F)c3)no2)cc1. The Balaban J connectivity index is 1.82. The molecule has 3 nitrogen and oxygen atoms in total. The summed E-state index contributed by atoms with van der Waals surface area (Å²) in [5.41, 5.74) is 1.61. The van der Waals surface area contributed by atoms with Gasteiger partial charge in [-0.2, -0.15) is 18.2 Å². The Morgan fingerprint density at radius 1 is 1.00 bits per heavy atom. The van der Waals surface area contributed by atoms with Gasteiger partial charge in [0.15, 0.2) is 0 Å². The summed E-state index contributed by atoms with van der Waals surface area (Å²) in [7, 11) is 0. The van der Waals surface area contributed by atoms with Crippen LogP contribution in [0.15, 0.2) is 53.1 Å². The number of aryl methyl sites for hydroxylation is 1. The zero-order valence-corrected chi connectivity index (χ0v) is 12.7. The standard InChI is InChI=1S/C18H13F3N2O/c1-12-5-7-13(8-6-12)9-10-16-22-17(23-24-16)14-3-2-4-15(11-14)18(19,20)21/h2-11H,1H3/b10-9+. The average molecular weight is 330 g/mol. The molecular formula is C18H13F3N2O. The van der Waals surface area contributed by atoms with Gasteiger partial charge in [0.05, 0.1) is 5.56 Å². The fourth-order valence-corrected chi connectivity index (χ4v) is 2.10. The summed E-state index contributed by atoms with van der Waals surface area (Å²) in [6, 6.07) is 12.7. The lowest BCUT2D eigenvalue weighted by Crippen LogP contribution is -2.04. The molecule has 0 saturated heterocycles. The largest absolute Gasteiger partial charge is 0.416 e. The first-order valence-corrected chi connectivity index (χ1v) is 7.18. The van der Waals surface area contributed by atoms with Crippen LogP contribution in [0.3, 0.4) is 0 Å². The number of rotatable bonds is 3. The molecule has 2 aromatic carbocycles. The highest BCUT2D eigenvalue weighted by Crippen LogP contribution is 2.31. The van der Waals surface area contributed by atoms with Crippen LogP contribution in [0, 0.1) is 6.92 Å². The van der Waals surface area contributed by atoms with Gasteiger partial charge in [-0.25, -0.2) is 0 Å². The summed E-state index contributed by atoms with van der Waals surface area (Å²) in [6.07, 6.45) is -0.994. The number of hydrogen-bond donors (Lipinski definition) is 0. The van der Waals surface area contributed by atoms with Crippen molar-refractivity contribution in [2.24, 2.45) is 0 Å². The van der Waals surface area contributed by atoms with Crippen molar-refractivity contribution in [1.29, 1.82) is 0 Å². The minimum absolute atomic E-state index is 0.115. The molecule has 0 fully saturated rings. The van der Waals surface area contributed by atoms with Crippen LogP contribution < -0.4 is 0 Å². The molecule has 3 aromatic rings. The van der Waals surface area contributed by atoms with Crippen LogP contribution in [0.4, 0.5) is 13.2 Å². The summed E-state index contributed by atoms with van der Waals surface area (Å²) in [5.74, 6) is 0.340. The molecule has 0 aliphatic rings. The van der Waals surface area contributed by atoms with Crippen molar-refractivity contribution in [3.05, 3.63) is 71.1 Å². The molecule has 0 N–H and O–H groups in total. The number of alkyl halides is 3. The van der Waals surface area contributed by atoms with E-state index in [4.69, 9.17) is 4.52 Å². The number of benzene rings is 2. The molecule has 122 valence electrons. The van der Waals surface area contributed by atoms with Crippen LogP contribution in [-0.2, 0) is 6.18 Å². The van der Waals surface area contributed by atoms with E-state index in [9.17, 15) is 13.2 Å². The van der Waals surface area contributed by atoms with Gasteiger partial charge in [-0.15, -0.1) is 0 Å². The Kier molecular flexibility index (Phi) is 4.20. The Labute approximate surface area is 136 Å². The highest BCUT2D eigenvalue weighted by molar-refractivity contribution is 5.67. The number of nitrogens with zero attached hydrogens (tertiary/aromatic N) is 2. The zero-order chi connectivity index (χ0) is 17.2. The predicted molar refractivity (Wildman–Crippen MR) is 84.8 cm³/mol. The Hall–Kier alpha value is -2.89. The van der Waals surface area contributed by atoms with Crippen LogP contribution in [0.25, 0.3) is 23.5 Å². The van der Waals surface area contributed by atoms with Gasteiger partial charge in [0, 0.05) is 11.6 Å². The third kappa shape index (κ3) is 3.71. The van der Waals surface area contributed by atoms with Crippen LogP contribution in [0.2, 0.25) is 0 Å². The van der Waals surface area contributed by atoms with Crippen LogP contribution in [0.1, 0.15) is 22.6 Å². The molecule has 0 radical (unpaired) electrons. The summed E-state index contributed by atoms with van der Waals surface area (Å²) in [4.78, 5) is 4.10. The molecule has 0 aliphatic carbocycles. The molecule has 0 aliphatic heterocycles. The summed E-state index contributed by atoms with van der Waals surface area (Å²) in [6.45, 7) is 1.99. The van der Waals surface area contributed by atoms with E-state index in [2.05, 4.69) is 10.1 Å². The molecule has 0 saturated carbocycles. The Morgan fingerprint density at radius 2 is 1.75 bits per heavy atom. The lowest BCUT2D eigenvalue weighted by Gasteiger charge is -2.06. The summed E-state index contributed by atoms with van der Waals surface area (Å²) >= 11 is 0. The monoisotopic (exact) mass is 330 g/mol. The third-order valence-electron chi connectivity index (χ3n) is 3.39. The Morgan fingerprint density at radius 3 is 2.46 bits per heavy atom. The van der Waals surface area contributed by atoms with E-state index in [1.807, 2.05) is 31.2 Å². The molecule has 1 heterocycles. The number of hydrogen-bond acceptors (Lipinski definition) is 3. The lowest BCUT2D eigenvalue weighted by atomic mass is 10.1. The van der Waals surface area contributed by atoms with E-state index in [0.717, 1.165) is 23.3 Å². The van der Waals surface area contributed by atoms with Crippen molar-refractivity contribution in [1.82, 2.24) is 10.1 Å². The van der Waals surface area contributed by atoms with Gasteiger partial charge in [-0.05, 0) is 30.7 Å². The van der Waals surface area contributed by atoms with Gasteiger partial charge < -0.3 is 4.52 Å². The molecular weight excluding hydrogens is 317 g/mol. The van der Waals surface area contributed by atoms with Crippen molar-refractivity contribution < 1.29 is 17.7 Å². The molecule has 0 spiro atoms. The Bertz CT molecular complexity index is 864. The molecule has 1 aromatic heterocycles. The van der Waals surface area contributed by atoms with E-state index >= 15 is 0 Å². The first kappa shape index (κ1) is 16.0. The molecule has 0 amide bonds. The molecule has 0 bridgehead atoms. The highest BCUT2D eigenvalue weighted by atomic mass is 19.4. The third-order valence-corrected chi connectivity index (χ3v) is 3.39. The van der Waals surface area contributed by atoms with Gasteiger partial charge in [0.25, 0.3) is 5.89 Å². The maximum Gasteiger partial charge on any atom is 0.416 e. The topological polar surface area (TPSA) is 38.9 Å². The average Bonchev–Trinajstić information content (AvgIpc) is 3.03. The van der Waals surface area contributed by atoms with Gasteiger partial charge in [0.1, 0.15) is 0 Å². The molecule has 0 unspecified atom stereocenters. The normalized spacial score (nSPS) is 12.0. The quantitative estimate of drug-likeness (QED) is 0.660. The van der Waals surface area contributed by atoms with Crippen molar-refractivity contribution in [3.8, 4) is 11.4 Å². The van der Waals surface area contributed by atoms with Crippen molar-refractivity contribution in [2.75, 3.05) is 0 Å². The van der Waals surface area contributed by atoms with Gasteiger partial charge in [-0.1, -0.05) is 47.1 Å². The fourth-order valence-electron chi connectivity index (χ4n) is 2.10.